The monoisotopic (exact) mass is 835 g/mol. The summed E-state index contributed by atoms with van der Waals surface area (Å²) >= 11 is 0. The molecule has 0 aliphatic rings. The van der Waals surface area contributed by atoms with Crippen LogP contribution < -0.4 is 9.47 Å². The largest absolute Gasteiger partial charge is 0.491 e. The molecule has 0 aliphatic heterocycles. The van der Waals surface area contributed by atoms with Gasteiger partial charge in [-0.15, -0.1) is 0 Å². The summed E-state index contributed by atoms with van der Waals surface area (Å²) < 4.78 is 23.8. The third-order valence-electron chi connectivity index (χ3n) is 11.5. The zero-order chi connectivity index (χ0) is 43.2. The Morgan fingerprint density at radius 1 is 0.483 bits per heavy atom. The van der Waals surface area contributed by atoms with Crippen molar-refractivity contribution < 1.29 is 29.2 Å². The molecular formula is C54H90O6. The van der Waals surface area contributed by atoms with Crippen molar-refractivity contribution >= 4 is 0 Å². The lowest BCUT2D eigenvalue weighted by Crippen LogP contribution is -2.33. The number of hydrogen-bond donors (Lipinski definition) is 2. The van der Waals surface area contributed by atoms with Crippen molar-refractivity contribution in [3.05, 3.63) is 84.0 Å². The van der Waals surface area contributed by atoms with Gasteiger partial charge in [-0.05, 0) is 106 Å². The molecule has 2 unspecified atom stereocenters. The lowest BCUT2D eigenvalue weighted by Gasteiger charge is -2.28. The van der Waals surface area contributed by atoms with Crippen LogP contribution in [0.5, 0.6) is 11.5 Å². The number of allylic oxidation sites excluding steroid dienone is 4. The highest BCUT2D eigenvalue weighted by atomic mass is 16.5. The van der Waals surface area contributed by atoms with Crippen molar-refractivity contribution in [3.63, 3.8) is 0 Å². The van der Waals surface area contributed by atoms with E-state index in [1.54, 1.807) is 0 Å². The van der Waals surface area contributed by atoms with Gasteiger partial charge in [0.1, 0.15) is 36.9 Å². The summed E-state index contributed by atoms with van der Waals surface area (Å²) in [6.07, 6.45) is 39.3. The molecule has 2 atom stereocenters. The maximum atomic E-state index is 10.6. The molecule has 0 amide bonds. The van der Waals surface area contributed by atoms with Crippen LogP contribution >= 0.6 is 0 Å². The van der Waals surface area contributed by atoms with Gasteiger partial charge >= 0.3 is 0 Å². The maximum Gasteiger partial charge on any atom is 0.119 e. The van der Waals surface area contributed by atoms with E-state index in [1.165, 1.54) is 152 Å². The lowest BCUT2D eigenvalue weighted by molar-refractivity contribution is -0.0622. The summed E-state index contributed by atoms with van der Waals surface area (Å²) in [7, 11) is 0. The van der Waals surface area contributed by atoms with Gasteiger partial charge in [-0.3, -0.25) is 0 Å². The molecular weight excluding hydrogens is 745 g/mol. The molecule has 60 heavy (non-hydrogen) atoms. The molecule has 2 aromatic carbocycles. The van der Waals surface area contributed by atoms with E-state index in [9.17, 15) is 10.2 Å². The van der Waals surface area contributed by atoms with Crippen LogP contribution in [0.4, 0.5) is 0 Å². The third-order valence-corrected chi connectivity index (χ3v) is 11.5. The first-order valence-electron chi connectivity index (χ1n) is 24.6. The smallest absolute Gasteiger partial charge is 0.119 e. The molecule has 0 aliphatic carbocycles. The fourth-order valence-electron chi connectivity index (χ4n) is 7.26. The molecule has 0 aromatic heterocycles. The van der Waals surface area contributed by atoms with Crippen molar-refractivity contribution in [3.8, 4) is 11.5 Å². The molecule has 6 heteroatoms. The Balaban J connectivity index is 1.51. The highest BCUT2D eigenvalue weighted by molar-refractivity contribution is 5.29. The average molecular weight is 835 g/mol. The van der Waals surface area contributed by atoms with Crippen LogP contribution in [0.15, 0.2) is 72.8 Å². The van der Waals surface area contributed by atoms with Crippen LogP contribution in [0.1, 0.15) is 187 Å². The predicted octanol–water partition coefficient (Wildman–Crippen LogP) is 14.1. The van der Waals surface area contributed by atoms with Crippen molar-refractivity contribution in [2.45, 2.75) is 200 Å². The van der Waals surface area contributed by atoms with Gasteiger partial charge in [0.05, 0.1) is 26.4 Å². The Morgan fingerprint density at radius 3 is 1.23 bits per heavy atom. The van der Waals surface area contributed by atoms with Gasteiger partial charge in [0, 0.05) is 5.41 Å². The van der Waals surface area contributed by atoms with Crippen molar-refractivity contribution in [1.29, 1.82) is 0 Å². The fourth-order valence-corrected chi connectivity index (χ4v) is 7.26. The highest BCUT2D eigenvalue weighted by Gasteiger charge is 2.24. The summed E-state index contributed by atoms with van der Waals surface area (Å²) in [5.74, 6) is 1.59. The second kappa shape index (κ2) is 37.0. The number of rotatable bonds is 41. The summed E-state index contributed by atoms with van der Waals surface area (Å²) in [5, 5.41) is 21.2. The molecule has 2 N–H and O–H groups in total. The number of ether oxygens (including phenoxy) is 4. The minimum atomic E-state index is -0.724. The lowest BCUT2D eigenvalue weighted by atomic mass is 9.90. The number of hydrogen-bond acceptors (Lipinski definition) is 6. The Morgan fingerprint density at radius 2 is 0.850 bits per heavy atom. The third kappa shape index (κ3) is 29.6. The van der Waals surface area contributed by atoms with Crippen LogP contribution in [-0.4, -0.2) is 62.1 Å². The van der Waals surface area contributed by atoms with E-state index in [1.807, 2.05) is 24.3 Å². The van der Waals surface area contributed by atoms with Gasteiger partial charge < -0.3 is 29.2 Å². The Bertz CT molecular complexity index is 1230. The van der Waals surface area contributed by atoms with Crippen molar-refractivity contribution in [2.75, 3.05) is 39.6 Å². The second-order valence-electron chi connectivity index (χ2n) is 17.7. The summed E-state index contributed by atoms with van der Waals surface area (Å²) in [6, 6.07) is 16.5. The van der Waals surface area contributed by atoms with Crippen molar-refractivity contribution in [1.82, 2.24) is 0 Å². The van der Waals surface area contributed by atoms with Gasteiger partial charge in [-0.25, -0.2) is 0 Å². The summed E-state index contributed by atoms with van der Waals surface area (Å²) in [4.78, 5) is 0. The highest BCUT2D eigenvalue weighted by Crippen LogP contribution is 2.23. The van der Waals surface area contributed by atoms with Gasteiger partial charge in [0.15, 0.2) is 0 Å². The number of benzene rings is 2. The molecule has 0 spiro atoms. The van der Waals surface area contributed by atoms with Gasteiger partial charge in [0.25, 0.3) is 0 Å². The van der Waals surface area contributed by atoms with Crippen LogP contribution in [0.2, 0.25) is 0 Å². The molecule has 2 rings (SSSR count). The first-order valence-corrected chi connectivity index (χ1v) is 24.6. The predicted molar refractivity (Wildman–Crippen MR) is 255 cm³/mol. The Hall–Kier alpha value is -2.64. The molecule has 0 bridgehead atoms. The number of aliphatic hydroxyl groups excluding tert-OH is 2. The van der Waals surface area contributed by atoms with Gasteiger partial charge in [-0.1, -0.05) is 166 Å². The first kappa shape index (κ1) is 53.5. The minimum absolute atomic E-state index is 0.185. The zero-order valence-corrected chi connectivity index (χ0v) is 39.0. The normalized spacial score (nSPS) is 13.9. The summed E-state index contributed by atoms with van der Waals surface area (Å²) in [6.45, 7) is 10.4. The van der Waals surface area contributed by atoms with E-state index < -0.39 is 12.2 Å². The van der Waals surface area contributed by atoms with Crippen LogP contribution in [-0.2, 0) is 22.3 Å². The SMILES string of the molecule is CCCC/C=C/CCCCCCCCCc1cccc(OCC(O)COCC(C)(CC)COCC(O)COc2cccc(CCCCCCCCC/C=C/CCCC)c2)c1. The van der Waals surface area contributed by atoms with Crippen LogP contribution in [0.3, 0.4) is 0 Å². The van der Waals surface area contributed by atoms with E-state index in [0.717, 1.165) is 30.8 Å². The minimum Gasteiger partial charge on any atom is -0.491 e. The Labute approximate surface area is 368 Å². The second-order valence-corrected chi connectivity index (χ2v) is 17.7. The molecule has 0 saturated heterocycles. The van der Waals surface area contributed by atoms with Crippen LogP contribution in [0.25, 0.3) is 0 Å². The molecule has 342 valence electrons. The Kier molecular flexibility index (Phi) is 33.0. The van der Waals surface area contributed by atoms with E-state index >= 15 is 0 Å². The standard InChI is InChI=1S/C54H90O6/c1-5-8-10-12-14-16-18-20-22-24-26-28-30-34-48-36-32-38-52(40-48)59-44-50(55)42-57-46-54(4,7-3)47-58-43-51(56)45-60-53-39-33-37-49(41-53)35-31-29-27-25-23-21-19-17-15-13-11-9-6-2/h12-15,32-33,36-41,50-51,55-56H,5-11,16-31,34-35,42-47H2,1-4H3/b14-12+,15-13+. The van der Waals surface area contributed by atoms with Crippen LogP contribution in [0, 0.1) is 5.41 Å². The number of aryl methyl sites for hydroxylation is 2. The number of aliphatic hydroxyl groups is 2. The molecule has 6 nitrogen and oxygen atoms in total. The molecule has 0 fully saturated rings. The van der Waals surface area contributed by atoms with E-state index in [-0.39, 0.29) is 31.8 Å². The molecule has 0 heterocycles. The zero-order valence-electron chi connectivity index (χ0n) is 39.0. The topological polar surface area (TPSA) is 77.4 Å². The van der Waals surface area contributed by atoms with E-state index in [2.05, 4.69) is 76.3 Å². The summed E-state index contributed by atoms with van der Waals surface area (Å²) in [5.41, 5.74) is 2.33. The first-order chi connectivity index (χ1) is 29.4. The quantitative estimate of drug-likeness (QED) is 0.0513. The molecule has 0 saturated carbocycles. The van der Waals surface area contributed by atoms with E-state index in [4.69, 9.17) is 18.9 Å². The van der Waals surface area contributed by atoms with Crippen molar-refractivity contribution in [2.24, 2.45) is 5.41 Å². The van der Waals surface area contributed by atoms with Gasteiger partial charge in [0.2, 0.25) is 0 Å². The maximum absolute atomic E-state index is 10.6. The van der Waals surface area contributed by atoms with Gasteiger partial charge in [-0.2, -0.15) is 0 Å². The molecule has 0 radical (unpaired) electrons. The molecule has 2 aromatic rings. The number of unbranched alkanes of at least 4 members (excludes halogenated alkanes) is 18. The fraction of sp³-hybridized carbons (Fsp3) is 0.704. The van der Waals surface area contributed by atoms with E-state index in [0.29, 0.717) is 13.2 Å². The average Bonchev–Trinajstić information content (AvgIpc) is 3.25.